The van der Waals surface area contributed by atoms with E-state index in [2.05, 4.69) is 33.4 Å². The molecule has 2 rings (SSSR count). The monoisotopic (exact) mass is 341 g/mol. The number of benzene rings is 1. The minimum Gasteiger partial charge on any atom is -0.356 e. The van der Waals surface area contributed by atoms with Crippen LogP contribution in [0.5, 0.6) is 0 Å². The van der Waals surface area contributed by atoms with E-state index in [1.54, 1.807) is 11.8 Å². The molecular formula is C15H20BrNOS. The molecule has 104 valence electrons. The Kier molecular flexibility index (Phi) is 6.24. The van der Waals surface area contributed by atoms with E-state index in [1.807, 2.05) is 12.1 Å². The van der Waals surface area contributed by atoms with Crippen LogP contribution in [-0.4, -0.2) is 23.5 Å². The molecule has 0 spiro atoms. The molecule has 0 aromatic heterocycles. The van der Waals surface area contributed by atoms with Crippen LogP contribution in [0, 0.1) is 0 Å². The second kappa shape index (κ2) is 7.95. The number of halogens is 1. The molecule has 0 saturated carbocycles. The molecule has 0 radical (unpaired) electrons. The Morgan fingerprint density at radius 2 is 2.05 bits per heavy atom. The van der Waals surface area contributed by atoms with Crippen LogP contribution in [0.15, 0.2) is 29.2 Å². The Balaban J connectivity index is 1.73. The minimum absolute atomic E-state index is 0.0451. The van der Waals surface area contributed by atoms with Gasteiger partial charge in [-0.25, -0.2) is 0 Å². The van der Waals surface area contributed by atoms with Gasteiger partial charge in [0, 0.05) is 22.5 Å². The molecule has 1 heterocycles. The summed E-state index contributed by atoms with van der Waals surface area (Å²) in [5.41, 5.74) is 1.20. The number of carbonyl (C=O) groups excluding carboxylic acids is 1. The van der Waals surface area contributed by atoms with E-state index in [4.69, 9.17) is 0 Å². The third kappa shape index (κ3) is 4.25. The third-order valence-electron chi connectivity index (χ3n) is 3.38. The molecule has 0 fully saturated rings. The summed E-state index contributed by atoms with van der Waals surface area (Å²) in [4.78, 5) is 13.4. The van der Waals surface area contributed by atoms with Gasteiger partial charge >= 0.3 is 0 Å². The Morgan fingerprint density at radius 3 is 2.89 bits per heavy atom. The van der Waals surface area contributed by atoms with E-state index in [0.717, 1.165) is 24.0 Å². The molecule has 2 nitrogen and oxygen atoms in total. The normalized spacial score (nSPS) is 17.2. The van der Waals surface area contributed by atoms with Gasteiger partial charge < -0.3 is 5.32 Å². The van der Waals surface area contributed by atoms with Gasteiger partial charge in [-0.15, -0.1) is 11.8 Å². The van der Waals surface area contributed by atoms with E-state index >= 15 is 0 Å². The summed E-state index contributed by atoms with van der Waals surface area (Å²) in [6.07, 6.45) is 4.74. The fourth-order valence-electron chi connectivity index (χ4n) is 2.29. The largest absolute Gasteiger partial charge is 0.356 e. The van der Waals surface area contributed by atoms with Crippen LogP contribution >= 0.6 is 27.7 Å². The van der Waals surface area contributed by atoms with Crippen LogP contribution in [-0.2, 0) is 4.79 Å². The molecule has 1 N–H and O–H groups in total. The average molecular weight is 342 g/mol. The number of thioether (sulfide) groups is 1. The van der Waals surface area contributed by atoms with Crippen LogP contribution in [0.4, 0.5) is 0 Å². The Labute approximate surface area is 127 Å². The third-order valence-corrected chi connectivity index (χ3v) is 5.12. The zero-order valence-corrected chi connectivity index (χ0v) is 13.4. The van der Waals surface area contributed by atoms with Crippen LogP contribution in [0.3, 0.4) is 0 Å². The van der Waals surface area contributed by atoms with Gasteiger partial charge in [-0.05, 0) is 24.5 Å². The van der Waals surface area contributed by atoms with Gasteiger partial charge in [0.15, 0.2) is 0 Å². The van der Waals surface area contributed by atoms with E-state index in [-0.39, 0.29) is 11.8 Å². The fourth-order valence-corrected chi connectivity index (χ4v) is 3.91. The van der Waals surface area contributed by atoms with E-state index < -0.39 is 0 Å². The summed E-state index contributed by atoms with van der Waals surface area (Å²) in [5, 5.41) is 4.16. The molecule has 1 amide bonds. The number of hydrogen-bond acceptors (Lipinski definition) is 2. The summed E-state index contributed by atoms with van der Waals surface area (Å²) in [6.45, 7) is 0.810. The van der Waals surface area contributed by atoms with Crippen molar-refractivity contribution >= 4 is 33.6 Å². The van der Waals surface area contributed by atoms with Crippen molar-refractivity contribution in [3.05, 3.63) is 29.8 Å². The lowest BCUT2D eigenvalue weighted by atomic mass is 10.0. The first-order chi connectivity index (χ1) is 9.33. The Hall–Kier alpha value is -0.480. The quantitative estimate of drug-likeness (QED) is 0.601. The van der Waals surface area contributed by atoms with Crippen LogP contribution in [0.1, 0.15) is 37.2 Å². The maximum Gasteiger partial charge on any atom is 0.228 e. The van der Waals surface area contributed by atoms with E-state index in [0.29, 0.717) is 0 Å². The second-order valence-electron chi connectivity index (χ2n) is 4.80. The van der Waals surface area contributed by atoms with Crippen molar-refractivity contribution in [2.24, 2.45) is 0 Å². The zero-order valence-electron chi connectivity index (χ0n) is 11.0. The topological polar surface area (TPSA) is 29.1 Å². The highest BCUT2D eigenvalue weighted by Crippen LogP contribution is 2.39. The number of fused-ring (bicyclic) bond motifs is 1. The second-order valence-corrected chi connectivity index (χ2v) is 6.65. The number of alkyl halides is 1. The van der Waals surface area contributed by atoms with Crippen LogP contribution in [0.25, 0.3) is 0 Å². The van der Waals surface area contributed by atoms with Gasteiger partial charge in [-0.3, -0.25) is 4.79 Å². The highest BCUT2D eigenvalue weighted by Gasteiger charge is 2.28. The summed E-state index contributed by atoms with van der Waals surface area (Å²) < 4.78 is 0. The first-order valence-electron chi connectivity index (χ1n) is 6.88. The number of unbranched alkanes of at least 4 members (excludes halogenated alkanes) is 3. The van der Waals surface area contributed by atoms with Gasteiger partial charge in [0.05, 0.1) is 5.92 Å². The molecule has 1 aromatic carbocycles. The molecule has 1 aliphatic heterocycles. The standard InChI is InChI=1S/C15H20BrNOS/c16-9-5-1-2-6-10-17-15(18)13-11-19-14-8-4-3-7-12(13)14/h3-4,7-8,13H,1-2,5-6,9-11H2,(H,17,18). The van der Waals surface area contributed by atoms with Crippen molar-refractivity contribution in [1.82, 2.24) is 5.32 Å². The highest BCUT2D eigenvalue weighted by atomic mass is 79.9. The van der Waals surface area contributed by atoms with Crippen LogP contribution in [0.2, 0.25) is 0 Å². The predicted octanol–water partition coefficient (Wildman–Crippen LogP) is 3.95. The van der Waals surface area contributed by atoms with Crippen molar-refractivity contribution in [2.75, 3.05) is 17.6 Å². The molecule has 0 aliphatic carbocycles. The molecule has 1 atom stereocenters. The van der Waals surface area contributed by atoms with Crippen molar-refractivity contribution in [3.8, 4) is 0 Å². The van der Waals surface area contributed by atoms with Crippen LogP contribution < -0.4 is 5.32 Å². The molecule has 0 bridgehead atoms. The van der Waals surface area contributed by atoms with Gasteiger partial charge in [0.25, 0.3) is 0 Å². The van der Waals surface area contributed by atoms with Crippen molar-refractivity contribution in [3.63, 3.8) is 0 Å². The Bertz CT molecular complexity index is 424. The van der Waals surface area contributed by atoms with E-state index in [9.17, 15) is 4.79 Å². The smallest absolute Gasteiger partial charge is 0.228 e. The molecule has 1 aliphatic rings. The molecule has 1 aromatic rings. The number of nitrogens with one attached hydrogen (secondary N) is 1. The average Bonchev–Trinajstić information content (AvgIpc) is 2.86. The summed E-state index contributed by atoms with van der Waals surface area (Å²) in [6, 6.07) is 8.24. The van der Waals surface area contributed by atoms with Gasteiger partial charge in [-0.1, -0.05) is 47.0 Å². The highest BCUT2D eigenvalue weighted by molar-refractivity contribution is 9.09. The maximum atomic E-state index is 12.2. The number of carbonyl (C=O) groups is 1. The van der Waals surface area contributed by atoms with E-state index in [1.165, 1.54) is 29.7 Å². The lowest BCUT2D eigenvalue weighted by Gasteiger charge is -2.11. The molecule has 4 heteroatoms. The summed E-state index contributed by atoms with van der Waals surface area (Å²) in [5.74, 6) is 1.12. The lowest BCUT2D eigenvalue weighted by Crippen LogP contribution is -2.30. The predicted molar refractivity (Wildman–Crippen MR) is 85.2 cm³/mol. The molecular weight excluding hydrogens is 322 g/mol. The summed E-state index contributed by atoms with van der Waals surface area (Å²) in [7, 11) is 0. The SMILES string of the molecule is O=C(NCCCCCCBr)C1CSc2ccccc21. The van der Waals surface area contributed by atoms with Crippen molar-refractivity contribution in [2.45, 2.75) is 36.5 Å². The molecule has 19 heavy (non-hydrogen) atoms. The maximum absolute atomic E-state index is 12.2. The molecule has 1 unspecified atom stereocenters. The Morgan fingerprint density at radius 1 is 1.26 bits per heavy atom. The lowest BCUT2D eigenvalue weighted by molar-refractivity contribution is -0.122. The van der Waals surface area contributed by atoms with Crippen molar-refractivity contribution in [1.29, 1.82) is 0 Å². The van der Waals surface area contributed by atoms with Gasteiger partial charge in [0.1, 0.15) is 0 Å². The number of hydrogen-bond donors (Lipinski definition) is 1. The number of amides is 1. The first kappa shape index (κ1) is 14.9. The number of rotatable bonds is 7. The zero-order chi connectivity index (χ0) is 13.5. The van der Waals surface area contributed by atoms with Gasteiger partial charge in [-0.2, -0.15) is 0 Å². The van der Waals surface area contributed by atoms with Crippen molar-refractivity contribution < 1.29 is 4.79 Å². The minimum atomic E-state index is 0.0451. The fraction of sp³-hybridized carbons (Fsp3) is 0.533. The summed E-state index contributed by atoms with van der Waals surface area (Å²) >= 11 is 5.22. The van der Waals surface area contributed by atoms with Gasteiger partial charge in [0.2, 0.25) is 5.91 Å². The first-order valence-corrected chi connectivity index (χ1v) is 8.99. The molecule has 0 saturated heterocycles.